The Morgan fingerprint density at radius 1 is 1.19 bits per heavy atom. The molecular weight excluding hydrogens is 225 g/mol. The van der Waals surface area contributed by atoms with Crippen LogP contribution in [-0.2, 0) is 0 Å². The number of nitrogens with two attached hydrogens (primary N) is 1. The van der Waals surface area contributed by atoms with E-state index >= 15 is 0 Å². The molecule has 2 aromatic rings. The standard InChI is InChI=1S/C13H11ClFN/c1-8-10(3-2-4-13(8)16)9-5-6-12(15)11(14)7-9/h2-7H,16H2,1H3. The van der Waals surface area contributed by atoms with Crippen molar-refractivity contribution in [2.75, 3.05) is 5.73 Å². The van der Waals surface area contributed by atoms with Gasteiger partial charge in [0.05, 0.1) is 5.02 Å². The van der Waals surface area contributed by atoms with Crippen LogP contribution >= 0.6 is 11.6 Å². The Balaban J connectivity index is 2.59. The molecule has 16 heavy (non-hydrogen) atoms. The molecule has 0 radical (unpaired) electrons. The number of halogens is 2. The second-order valence-corrected chi connectivity index (χ2v) is 4.06. The van der Waals surface area contributed by atoms with Crippen molar-refractivity contribution in [1.82, 2.24) is 0 Å². The van der Waals surface area contributed by atoms with E-state index in [9.17, 15) is 4.39 Å². The number of rotatable bonds is 1. The fourth-order valence-corrected chi connectivity index (χ4v) is 1.81. The third-order valence-corrected chi connectivity index (χ3v) is 2.90. The Labute approximate surface area is 98.7 Å². The zero-order valence-electron chi connectivity index (χ0n) is 8.80. The Morgan fingerprint density at radius 3 is 2.62 bits per heavy atom. The predicted molar refractivity (Wildman–Crippen MR) is 66.0 cm³/mol. The molecule has 0 atom stereocenters. The molecule has 0 aliphatic heterocycles. The van der Waals surface area contributed by atoms with Crippen molar-refractivity contribution in [2.45, 2.75) is 6.92 Å². The van der Waals surface area contributed by atoms with Crippen LogP contribution in [0.25, 0.3) is 11.1 Å². The van der Waals surface area contributed by atoms with Crippen LogP contribution in [0, 0.1) is 12.7 Å². The molecule has 0 aromatic heterocycles. The minimum atomic E-state index is -0.410. The van der Waals surface area contributed by atoms with Crippen molar-refractivity contribution in [3.05, 3.63) is 52.8 Å². The highest BCUT2D eigenvalue weighted by Crippen LogP contribution is 2.29. The van der Waals surface area contributed by atoms with E-state index in [0.717, 1.165) is 22.4 Å². The van der Waals surface area contributed by atoms with Crippen LogP contribution < -0.4 is 5.73 Å². The van der Waals surface area contributed by atoms with Crippen LogP contribution in [0.15, 0.2) is 36.4 Å². The molecule has 0 unspecified atom stereocenters. The first-order valence-electron chi connectivity index (χ1n) is 4.90. The average Bonchev–Trinajstić information content (AvgIpc) is 2.26. The van der Waals surface area contributed by atoms with E-state index in [1.807, 2.05) is 25.1 Å². The fourth-order valence-electron chi connectivity index (χ4n) is 1.63. The maximum Gasteiger partial charge on any atom is 0.141 e. The first-order chi connectivity index (χ1) is 7.59. The molecule has 0 heterocycles. The molecular formula is C13H11ClFN. The monoisotopic (exact) mass is 235 g/mol. The fraction of sp³-hybridized carbons (Fsp3) is 0.0769. The Kier molecular flexibility index (Phi) is 2.84. The van der Waals surface area contributed by atoms with Crippen LogP contribution in [0.4, 0.5) is 10.1 Å². The molecule has 0 aliphatic carbocycles. The smallest absolute Gasteiger partial charge is 0.141 e. The number of benzene rings is 2. The second kappa shape index (κ2) is 4.14. The lowest BCUT2D eigenvalue weighted by Gasteiger charge is -2.09. The summed E-state index contributed by atoms with van der Waals surface area (Å²) in [5.74, 6) is -0.410. The zero-order chi connectivity index (χ0) is 11.7. The summed E-state index contributed by atoms with van der Waals surface area (Å²) in [5, 5.41) is 0.124. The summed E-state index contributed by atoms with van der Waals surface area (Å²) < 4.78 is 13.0. The van der Waals surface area contributed by atoms with Gasteiger partial charge in [0.2, 0.25) is 0 Å². The van der Waals surface area contributed by atoms with Crippen LogP contribution in [0.1, 0.15) is 5.56 Å². The van der Waals surface area contributed by atoms with Crippen LogP contribution in [0.3, 0.4) is 0 Å². The van der Waals surface area contributed by atoms with Crippen molar-refractivity contribution in [3.8, 4) is 11.1 Å². The van der Waals surface area contributed by atoms with E-state index in [1.54, 1.807) is 12.1 Å². The van der Waals surface area contributed by atoms with Gasteiger partial charge in [-0.2, -0.15) is 0 Å². The molecule has 3 heteroatoms. The van der Waals surface area contributed by atoms with E-state index in [1.165, 1.54) is 6.07 Å². The minimum absolute atomic E-state index is 0.124. The molecule has 2 N–H and O–H groups in total. The normalized spacial score (nSPS) is 10.4. The van der Waals surface area contributed by atoms with Crippen LogP contribution in [0.2, 0.25) is 5.02 Å². The topological polar surface area (TPSA) is 26.0 Å². The number of anilines is 1. The Bertz CT molecular complexity index is 537. The van der Waals surface area contributed by atoms with E-state index in [-0.39, 0.29) is 5.02 Å². The highest BCUT2D eigenvalue weighted by molar-refractivity contribution is 6.31. The first-order valence-corrected chi connectivity index (χ1v) is 5.28. The summed E-state index contributed by atoms with van der Waals surface area (Å²) >= 11 is 5.75. The lowest BCUT2D eigenvalue weighted by Crippen LogP contribution is -1.92. The molecule has 0 fully saturated rings. The number of hydrogen-bond donors (Lipinski definition) is 1. The van der Waals surface area contributed by atoms with Crippen LogP contribution in [-0.4, -0.2) is 0 Å². The van der Waals surface area contributed by atoms with Gasteiger partial charge in [0.1, 0.15) is 5.82 Å². The maximum atomic E-state index is 13.0. The van der Waals surface area contributed by atoms with Gasteiger partial charge in [0.15, 0.2) is 0 Å². The van der Waals surface area contributed by atoms with Gasteiger partial charge >= 0.3 is 0 Å². The maximum absolute atomic E-state index is 13.0. The van der Waals surface area contributed by atoms with E-state index in [4.69, 9.17) is 17.3 Å². The molecule has 0 saturated carbocycles. The van der Waals surface area contributed by atoms with E-state index in [0.29, 0.717) is 0 Å². The third kappa shape index (κ3) is 1.89. The molecule has 82 valence electrons. The highest BCUT2D eigenvalue weighted by atomic mass is 35.5. The largest absolute Gasteiger partial charge is 0.398 e. The second-order valence-electron chi connectivity index (χ2n) is 3.65. The summed E-state index contributed by atoms with van der Waals surface area (Å²) in [4.78, 5) is 0. The zero-order valence-corrected chi connectivity index (χ0v) is 9.55. The van der Waals surface area contributed by atoms with Gasteiger partial charge in [-0.1, -0.05) is 29.8 Å². The van der Waals surface area contributed by atoms with Crippen molar-refractivity contribution < 1.29 is 4.39 Å². The Morgan fingerprint density at radius 2 is 1.94 bits per heavy atom. The van der Waals surface area contributed by atoms with Gasteiger partial charge in [-0.05, 0) is 41.8 Å². The third-order valence-electron chi connectivity index (χ3n) is 2.61. The predicted octanol–water partition coefficient (Wildman–Crippen LogP) is 4.04. The van der Waals surface area contributed by atoms with Gasteiger partial charge in [0.25, 0.3) is 0 Å². The SMILES string of the molecule is Cc1c(N)cccc1-c1ccc(F)c(Cl)c1. The minimum Gasteiger partial charge on any atom is -0.398 e. The first kappa shape index (κ1) is 11.0. The summed E-state index contributed by atoms with van der Waals surface area (Å²) in [6.07, 6.45) is 0. The molecule has 0 bridgehead atoms. The molecule has 1 nitrogen and oxygen atoms in total. The van der Waals surface area contributed by atoms with Gasteiger partial charge in [-0.3, -0.25) is 0 Å². The van der Waals surface area contributed by atoms with Crippen molar-refractivity contribution >= 4 is 17.3 Å². The lowest BCUT2D eigenvalue weighted by atomic mass is 9.99. The number of hydrogen-bond acceptors (Lipinski definition) is 1. The van der Waals surface area contributed by atoms with Crippen molar-refractivity contribution in [2.24, 2.45) is 0 Å². The Hall–Kier alpha value is -1.54. The van der Waals surface area contributed by atoms with E-state index in [2.05, 4.69) is 0 Å². The molecule has 0 spiro atoms. The summed E-state index contributed by atoms with van der Waals surface area (Å²) in [6.45, 7) is 1.93. The van der Waals surface area contributed by atoms with Crippen molar-refractivity contribution in [3.63, 3.8) is 0 Å². The molecule has 0 amide bonds. The van der Waals surface area contributed by atoms with Crippen molar-refractivity contribution in [1.29, 1.82) is 0 Å². The molecule has 2 rings (SSSR count). The molecule has 0 saturated heterocycles. The summed E-state index contributed by atoms with van der Waals surface area (Å²) in [5.41, 5.74) is 9.36. The lowest BCUT2D eigenvalue weighted by molar-refractivity contribution is 0.628. The highest BCUT2D eigenvalue weighted by Gasteiger charge is 2.06. The van der Waals surface area contributed by atoms with Gasteiger partial charge in [-0.15, -0.1) is 0 Å². The summed E-state index contributed by atoms with van der Waals surface area (Å²) in [7, 11) is 0. The molecule has 0 aliphatic rings. The summed E-state index contributed by atoms with van der Waals surface area (Å²) in [6, 6.07) is 10.3. The van der Waals surface area contributed by atoms with Gasteiger partial charge in [0, 0.05) is 5.69 Å². The average molecular weight is 236 g/mol. The van der Waals surface area contributed by atoms with Gasteiger partial charge < -0.3 is 5.73 Å². The molecule has 2 aromatic carbocycles. The van der Waals surface area contributed by atoms with Crippen LogP contribution in [0.5, 0.6) is 0 Å². The quantitative estimate of drug-likeness (QED) is 0.742. The van der Waals surface area contributed by atoms with E-state index < -0.39 is 5.82 Å². The van der Waals surface area contributed by atoms with Gasteiger partial charge in [-0.25, -0.2) is 4.39 Å². The number of nitrogen functional groups attached to an aromatic ring is 1.